The number of hydrogen-bond acceptors (Lipinski definition) is 3. The van der Waals surface area contributed by atoms with Crippen molar-refractivity contribution in [2.24, 2.45) is 5.92 Å². The molecule has 0 bridgehead atoms. The lowest BCUT2D eigenvalue weighted by Crippen LogP contribution is -2.37. The van der Waals surface area contributed by atoms with Gasteiger partial charge in [-0.3, -0.25) is 0 Å². The van der Waals surface area contributed by atoms with E-state index in [2.05, 4.69) is 38.0 Å². The third-order valence-corrected chi connectivity index (χ3v) is 3.82. The summed E-state index contributed by atoms with van der Waals surface area (Å²) in [6, 6.07) is 0.643. The molecule has 0 aliphatic carbocycles. The van der Waals surface area contributed by atoms with Gasteiger partial charge in [0.25, 0.3) is 0 Å². The predicted molar refractivity (Wildman–Crippen MR) is 78.0 cm³/mol. The number of likely N-dealkylation sites (N-methyl/N-ethyl adjacent to an activating group) is 1. The van der Waals surface area contributed by atoms with Gasteiger partial charge >= 0.3 is 0 Å². The molecular weight excluding hydrogens is 224 g/mol. The maximum atomic E-state index is 5.62. The molecule has 1 rings (SSSR count). The van der Waals surface area contributed by atoms with E-state index in [1.807, 2.05) is 0 Å². The summed E-state index contributed by atoms with van der Waals surface area (Å²) >= 11 is 0. The standard InChI is InChI=1S/C15H32N2O/c1-13(2)12-16-9-6-5-7-10-17(4)15-8-11-18-14(15)3/h13-16H,5-12H2,1-4H3. The largest absolute Gasteiger partial charge is 0.377 e. The van der Waals surface area contributed by atoms with Crippen molar-refractivity contribution in [3.05, 3.63) is 0 Å². The first-order chi connectivity index (χ1) is 8.61. The monoisotopic (exact) mass is 256 g/mol. The van der Waals surface area contributed by atoms with Gasteiger partial charge in [-0.25, -0.2) is 0 Å². The predicted octanol–water partition coefficient (Wildman–Crippen LogP) is 2.51. The Morgan fingerprint density at radius 1 is 1.28 bits per heavy atom. The van der Waals surface area contributed by atoms with Crippen LogP contribution in [0.3, 0.4) is 0 Å². The molecule has 0 amide bonds. The lowest BCUT2D eigenvalue weighted by molar-refractivity contribution is 0.0831. The van der Waals surface area contributed by atoms with Crippen molar-refractivity contribution in [2.75, 3.05) is 33.3 Å². The van der Waals surface area contributed by atoms with E-state index in [0.29, 0.717) is 12.1 Å². The number of nitrogens with one attached hydrogen (secondary N) is 1. The fraction of sp³-hybridized carbons (Fsp3) is 1.00. The molecule has 0 saturated carbocycles. The fourth-order valence-corrected chi connectivity index (χ4v) is 2.64. The van der Waals surface area contributed by atoms with Crippen LogP contribution in [-0.2, 0) is 4.74 Å². The summed E-state index contributed by atoms with van der Waals surface area (Å²) in [5.74, 6) is 0.764. The van der Waals surface area contributed by atoms with Crippen LogP contribution in [0.1, 0.15) is 46.5 Å². The summed E-state index contributed by atoms with van der Waals surface area (Å²) in [5.41, 5.74) is 0. The van der Waals surface area contributed by atoms with Gasteiger partial charge in [0.05, 0.1) is 6.10 Å². The second-order valence-electron chi connectivity index (χ2n) is 6.07. The molecule has 2 unspecified atom stereocenters. The fourth-order valence-electron chi connectivity index (χ4n) is 2.64. The summed E-state index contributed by atoms with van der Waals surface area (Å²) in [4.78, 5) is 2.49. The van der Waals surface area contributed by atoms with E-state index in [9.17, 15) is 0 Å². The van der Waals surface area contributed by atoms with Crippen LogP contribution in [0.4, 0.5) is 0 Å². The zero-order valence-electron chi connectivity index (χ0n) is 12.7. The second kappa shape index (κ2) is 8.89. The topological polar surface area (TPSA) is 24.5 Å². The average molecular weight is 256 g/mol. The average Bonchev–Trinajstić information content (AvgIpc) is 2.73. The van der Waals surface area contributed by atoms with Gasteiger partial charge in [-0.15, -0.1) is 0 Å². The van der Waals surface area contributed by atoms with Crippen LogP contribution in [0.25, 0.3) is 0 Å². The van der Waals surface area contributed by atoms with Crippen molar-refractivity contribution in [1.82, 2.24) is 10.2 Å². The Kier molecular flexibility index (Phi) is 7.87. The van der Waals surface area contributed by atoms with Crippen molar-refractivity contribution in [3.63, 3.8) is 0 Å². The Morgan fingerprint density at radius 2 is 2.06 bits per heavy atom. The summed E-state index contributed by atoms with van der Waals surface area (Å²) in [5, 5.41) is 3.50. The van der Waals surface area contributed by atoms with Crippen LogP contribution in [0.15, 0.2) is 0 Å². The lowest BCUT2D eigenvalue weighted by atomic mass is 10.1. The van der Waals surface area contributed by atoms with Gasteiger partial charge in [-0.1, -0.05) is 20.3 Å². The third kappa shape index (κ3) is 6.17. The quantitative estimate of drug-likeness (QED) is 0.642. The zero-order valence-corrected chi connectivity index (χ0v) is 12.7. The molecule has 18 heavy (non-hydrogen) atoms. The van der Waals surface area contributed by atoms with E-state index in [1.165, 1.54) is 38.8 Å². The molecule has 0 spiro atoms. The van der Waals surface area contributed by atoms with E-state index in [1.54, 1.807) is 0 Å². The number of hydrogen-bond donors (Lipinski definition) is 1. The maximum absolute atomic E-state index is 5.62. The molecule has 1 N–H and O–H groups in total. The van der Waals surface area contributed by atoms with Crippen LogP contribution < -0.4 is 5.32 Å². The Bertz CT molecular complexity index is 209. The van der Waals surface area contributed by atoms with Gasteiger partial charge < -0.3 is 15.0 Å². The number of unbranched alkanes of at least 4 members (excludes halogenated alkanes) is 2. The number of rotatable bonds is 9. The minimum absolute atomic E-state index is 0.419. The highest BCUT2D eigenvalue weighted by atomic mass is 16.5. The highest BCUT2D eigenvalue weighted by Crippen LogP contribution is 2.18. The van der Waals surface area contributed by atoms with E-state index < -0.39 is 0 Å². The Hall–Kier alpha value is -0.120. The van der Waals surface area contributed by atoms with E-state index in [0.717, 1.165) is 19.1 Å². The Morgan fingerprint density at radius 3 is 2.67 bits per heavy atom. The third-order valence-electron chi connectivity index (χ3n) is 3.82. The summed E-state index contributed by atoms with van der Waals surface area (Å²) in [6.07, 6.45) is 5.56. The molecule has 2 atom stereocenters. The molecule has 108 valence electrons. The van der Waals surface area contributed by atoms with Gasteiger partial charge in [0.2, 0.25) is 0 Å². The summed E-state index contributed by atoms with van der Waals surface area (Å²) in [6.45, 7) is 11.2. The van der Waals surface area contributed by atoms with Crippen LogP contribution in [-0.4, -0.2) is 50.3 Å². The van der Waals surface area contributed by atoms with Crippen LogP contribution in [0.2, 0.25) is 0 Å². The van der Waals surface area contributed by atoms with E-state index in [-0.39, 0.29) is 0 Å². The van der Waals surface area contributed by atoms with Gasteiger partial charge in [0.15, 0.2) is 0 Å². The Labute approximate surface area is 113 Å². The number of ether oxygens (including phenoxy) is 1. The van der Waals surface area contributed by atoms with Crippen molar-refractivity contribution in [3.8, 4) is 0 Å². The first-order valence-electron chi connectivity index (χ1n) is 7.64. The van der Waals surface area contributed by atoms with Crippen molar-refractivity contribution in [1.29, 1.82) is 0 Å². The second-order valence-corrected chi connectivity index (χ2v) is 6.07. The first kappa shape index (κ1) is 15.9. The smallest absolute Gasteiger partial charge is 0.0702 e. The highest BCUT2D eigenvalue weighted by molar-refractivity contribution is 4.80. The molecule has 0 radical (unpaired) electrons. The molecule has 1 aliphatic rings. The van der Waals surface area contributed by atoms with Gasteiger partial charge in [-0.2, -0.15) is 0 Å². The van der Waals surface area contributed by atoms with Crippen LogP contribution in [0.5, 0.6) is 0 Å². The summed E-state index contributed by atoms with van der Waals surface area (Å²) in [7, 11) is 2.24. The number of nitrogens with zero attached hydrogens (tertiary/aromatic N) is 1. The van der Waals surface area contributed by atoms with Crippen LogP contribution >= 0.6 is 0 Å². The van der Waals surface area contributed by atoms with Gasteiger partial charge in [0.1, 0.15) is 0 Å². The SMILES string of the molecule is CC(C)CNCCCCCN(C)C1CCOC1C. The molecule has 1 aliphatic heterocycles. The zero-order chi connectivity index (χ0) is 13.4. The van der Waals surface area contributed by atoms with Crippen molar-refractivity contribution >= 4 is 0 Å². The van der Waals surface area contributed by atoms with Gasteiger partial charge in [-0.05, 0) is 58.8 Å². The molecule has 1 saturated heterocycles. The molecule has 0 aromatic heterocycles. The molecule has 0 aromatic carbocycles. The Balaban J connectivity index is 1.94. The molecular formula is C15H32N2O. The molecule has 3 heteroatoms. The highest BCUT2D eigenvalue weighted by Gasteiger charge is 2.27. The minimum atomic E-state index is 0.419. The molecule has 0 aromatic rings. The molecule has 1 fully saturated rings. The maximum Gasteiger partial charge on any atom is 0.0702 e. The van der Waals surface area contributed by atoms with E-state index >= 15 is 0 Å². The lowest BCUT2D eigenvalue weighted by Gasteiger charge is -2.26. The molecule has 1 heterocycles. The van der Waals surface area contributed by atoms with Crippen molar-refractivity contribution in [2.45, 2.75) is 58.6 Å². The van der Waals surface area contributed by atoms with Gasteiger partial charge in [0, 0.05) is 12.6 Å². The van der Waals surface area contributed by atoms with Crippen LogP contribution in [0, 0.1) is 5.92 Å². The minimum Gasteiger partial charge on any atom is -0.377 e. The normalized spacial score (nSPS) is 24.3. The van der Waals surface area contributed by atoms with E-state index in [4.69, 9.17) is 4.74 Å². The van der Waals surface area contributed by atoms with Crippen molar-refractivity contribution < 1.29 is 4.74 Å². The first-order valence-corrected chi connectivity index (χ1v) is 7.64. The molecule has 3 nitrogen and oxygen atoms in total. The summed E-state index contributed by atoms with van der Waals surface area (Å²) < 4.78 is 5.62.